The van der Waals surface area contributed by atoms with Gasteiger partial charge in [-0.15, -0.1) is 11.8 Å². The van der Waals surface area contributed by atoms with Crippen molar-refractivity contribution < 1.29 is 38.1 Å². The molecule has 1 saturated heterocycles. The van der Waals surface area contributed by atoms with Crippen LogP contribution in [0.3, 0.4) is 0 Å². The van der Waals surface area contributed by atoms with E-state index in [9.17, 15) is 14.4 Å². The number of rotatable bonds is 26. The standard InChI is InChI=1S/C29H55N3O8S/c1-29(2,3)31-13-8-6-7-9-20-41-25-21-27(34)32(28(25)35)14-11-26(33)30-12-10-15-38-22-24(40-19-17-37-5)23-39-18-16-36-4/h24-25,31H,6-23H2,1-5H3,(H,30,33). The van der Waals surface area contributed by atoms with Gasteiger partial charge < -0.3 is 34.3 Å². The molecular formula is C29H55N3O8S. The van der Waals surface area contributed by atoms with E-state index in [4.69, 9.17) is 23.7 Å². The fourth-order valence-corrected chi connectivity index (χ4v) is 5.19. The lowest BCUT2D eigenvalue weighted by Crippen LogP contribution is -2.36. The predicted molar refractivity (Wildman–Crippen MR) is 161 cm³/mol. The van der Waals surface area contributed by atoms with Crippen molar-refractivity contribution in [2.75, 3.05) is 85.9 Å². The summed E-state index contributed by atoms with van der Waals surface area (Å²) in [5.74, 6) is 0.336. The second-order valence-corrected chi connectivity index (χ2v) is 12.4. The number of nitrogens with zero attached hydrogens (tertiary/aromatic N) is 1. The highest BCUT2D eigenvalue weighted by Crippen LogP contribution is 2.26. The number of unbranched alkanes of at least 4 members (excludes halogenated alkanes) is 3. The number of hydrogen-bond acceptors (Lipinski definition) is 10. The molecule has 2 N–H and O–H groups in total. The lowest BCUT2D eigenvalue weighted by molar-refractivity contribution is -0.138. The first kappa shape index (κ1) is 37.7. The maximum absolute atomic E-state index is 12.7. The van der Waals surface area contributed by atoms with Crippen molar-refractivity contribution in [1.82, 2.24) is 15.5 Å². The van der Waals surface area contributed by atoms with E-state index in [1.54, 1.807) is 26.0 Å². The Balaban J connectivity index is 2.14. The Kier molecular flexibility index (Phi) is 21.4. The maximum Gasteiger partial charge on any atom is 0.242 e. The summed E-state index contributed by atoms with van der Waals surface area (Å²) in [5.41, 5.74) is 0.151. The first-order chi connectivity index (χ1) is 19.7. The van der Waals surface area contributed by atoms with Crippen molar-refractivity contribution in [3.8, 4) is 0 Å². The zero-order chi connectivity index (χ0) is 30.3. The third-order valence-electron chi connectivity index (χ3n) is 6.28. The Morgan fingerprint density at radius 2 is 1.61 bits per heavy atom. The van der Waals surface area contributed by atoms with Gasteiger partial charge in [0.2, 0.25) is 17.7 Å². The molecule has 41 heavy (non-hydrogen) atoms. The molecule has 0 aromatic carbocycles. The number of imide groups is 1. The van der Waals surface area contributed by atoms with E-state index < -0.39 is 0 Å². The van der Waals surface area contributed by atoms with Gasteiger partial charge in [0.15, 0.2) is 0 Å². The van der Waals surface area contributed by atoms with Crippen LogP contribution in [0.15, 0.2) is 0 Å². The van der Waals surface area contributed by atoms with E-state index >= 15 is 0 Å². The monoisotopic (exact) mass is 605 g/mol. The number of methoxy groups -OCH3 is 2. The van der Waals surface area contributed by atoms with Gasteiger partial charge in [0.05, 0.1) is 44.9 Å². The summed E-state index contributed by atoms with van der Waals surface area (Å²) in [5, 5.41) is 6.00. The van der Waals surface area contributed by atoms with E-state index in [0.29, 0.717) is 59.2 Å². The summed E-state index contributed by atoms with van der Waals surface area (Å²) >= 11 is 1.57. The molecule has 1 aliphatic rings. The van der Waals surface area contributed by atoms with Gasteiger partial charge in [0.1, 0.15) is 6.10 Å². The van der Waals surface area contributed by atoms with Crippen LogP contribution in [0, 0.1) is 0 Å². The molecule has 1 heterocycles. The van der Waals surface area contributed by atoms with Crippen LogP contribution >= 0.6 is 11.8 Å². The summed E-state index contributed by atoms with van der Waals surface area (Å²) in [6, 6.07) is 0. The number of thioether (sulfide) groups is 1. The molecule has 240 valence electrons. The van der Waals surface area contributed by atoms with Crippen molar-refractivity contribution in [2.24, 2.45) is 0 Å². The van der Waals surface area contributed by atoms with Crippen LogP contribution in [0.4, 0.5) is 0 Å². The SMILES string of the molecule is COCCOCC(COCCCNC(=O)CCN1C(=O)CC(SCCCCCCNC(C)(C)C)C1=O)OCCOC. The number of likely N-dealkylation sites (tertiary alicyclic amines) is 1. The number of ether oxygens (including phenoxy) is 5. The van der Waals surface area contributed by atoms with E-state index in [-0.39, 0.29) is 54.0 Å². The highest BCUT2D eigenvalue weighted by atomic mass is 32.2. The van der Waals surface area contributed by atoms with Gasteiger partial charge >= 0.3 is 0 Å². The molecule has 0 aromatic heterocycles. The first-order valence-electron chi connectivity index (χ1n) is 14.9. The number of carbonyl (C=O) groups excluding carboxylic acids is 3. The molecule has 2 unspecified atom stereocenters. The molecular weight excluding hydrogens is 550 g/mol. The molecule has 1 aliphatic heterocycles. The highest BCUT2D eigenvalue weighted by molar-refractivity contribution is 8.00. The smallest absolute Gasteiger partial charge is 0.242 e. The average Bonchev–Trinajstić information content (AvgIpc) is 3.19. The van der Waals surface area contributed by atoms with Crippen molar-refractivity contribution in [3.63, 3.8) is 0 Å². The molecule has 1 fully saturated rings. The van der Waals surface area contributed by atoms with Crippen molar-refractivity contribution in [3.05, 3.63) is 0 Å². The van der Waals surface area contributed by atoms with E-state index in [2.05, 4.69) is 31.4 Å². The van der Waals surface area contributed by atoms with Crippen LogP contribution in [-0.4, -0.2) is 125 Å². The number of amides is 3. The van der Waals surface area contributed by atoms with Crippen molar-refractivity contribution in [1.29, 1.82) is 0 Å². The van der Waals surface area contributed by atoms with Crippen LogP contribution in [0.5, 0.6) is 0 Å². The van der Waals surface area contributed by atoms with Gasteiger partial charge in [-0.3, -0.25) is 19.3 Å². The Hall–Kier alpha value is -1.28. The van der Waals surface area contributed by atoms with Crippen LogP contribution in [0.25, 0.3) is 0 Å². The van der Waals surface area contributed by atoms with E-state index in [1.165, 1.54) is 4.90 Å². The molecule has 0 radical (unpaired) electrons. The molecule has 0 spiro atoms. The van der Waals surface area contributed by atoms with E-state index in [0.717, 1.165) is 38.0 Å². The summed E-state index contributed by atoms with van der Waals surface area (Å²) < 4.78 is 26.9. The van der Waals surface area contributed by atoms with Crippen molar-refractivity contribution in [2.45, 2.75) is 82.6 Å². The topological polar surface area (TPSA) is 125 Å². The van der Waals surface area contributed by atoms with Gasteiger partial charge in [-0.25, -0.2) is 0 Å². The molecule has 0 aromatic rings. The van der Waals surface area contributed by atoms with Crippen LogP contribution < -0.4 is 10.6 Å². The fourth-order valence-electron chi connectivity index (χ4n) is 4.01. The van der Waals surface area contributed by atoms with E-state index in [1.807, 2.05) is 0 Å². The molecule has 2 atom stereocenters. The molecule has 1 rings (SSSR count). The second-order valence-electron chi connectivity index (χ2n) is 11.1. The molecule has 3 amide bonds. The minimum absolute atomic E-state index is 0.104. The molecule has 11 nitrogen and oxygen atoms in total. The largest absolute Gasteiger partial charge is 0.382 e. The normalized spacial score (nSPS) is 16.5. The molecule has 12 heteroatoms. The summed E-state index contributed by atoms with van der Waals surface area (Å²) in [7, 11) is 3.24. The van der Waals surface area contributed by atoms with Gasteiger partial charge in [-0.05, 0) is 52.3 Å². The number of carbonyl (C=O) groups is 3. The van der Waals surface area contributed by atoms with Gasteiger partial charge in [-0.2, -0.15) is 0 Å². The van der Waals surface area contributed by atoms with Crippen LogP contribution in [0.1, 0.15) is 65.7 Å². The lowest BCUT2D eigenvalue weighted by Gasteiger charge is -2.20. The highest BCUT2D eigenvalue weighted by Gasteiger charge is 2.38. The Morgan fingerprint density at radius 3 is 2.32 bits per heavy atom. The number of hydrogen-bond donors (Lipinski definition) is 2. The predicted octanol–water partition coefficient (Wildman–Crippen LogP) is 2.40. The van der Waals surface area contributed by atoms with Gasteiger partial charge in [0, 0.05) is 52.3 Å². The lowest BCUT2D eigenvalue weighted by atomic mass is 10.1. The van der Waals surface area contributed by atoms with Gasteiger partial charge in [-0.1, -0.05) is 12.8 Å². The first-order valence-corrected chi connectivity index (χ1v) is 15.9. The quantitative estimate of drug-likeness (QED) is 0.112. The average molecular weight is 606 g/mol. The number of nitrogens with one attached hydrogen (secondary N) is 2. The third-order valence-corrected chi connectivity index (χ3v) is 7.57. The summed E-state index contributed by atoms with van der Waals surface area (Å²) in [6.45, 7) is 11.3. The Bertz CT molecular complexity index is 723. The minimum atomic E-state index is -0.321. The third kappa shape index (κ3) is 19.5. The zero-order valence-electron chi connectivity index (χ0n) is 26.0. The van der Waals surface area contributed by atoms with Crippen LogP contribution in [0.2, 0.25) is 0 Å². The van der Waals surface area contributed by atoms with Gasteiger partial charge in [0.25, 0.3) is 0 Å². The molecule has 0 bridgehead atoms. The Morgan fingerprint density at radius 1 is 0.927 bits per heavy atom. The maximum atomic E-state index is 12.7. The molecule has 0 saturated carbocycles. The molecule has 0 aliphatic carbocycles. The minimum Gasteiger partial charge on any atom is -0.382 e. The fraction of sp³-hybridized carbons (Fsp3) is 0.897. The zero-order valence-corrected chi connectivity index (χ0v) is 26.8. The second kappa shape index (κ2) is 23.2. The summed E-state index contributed by atoms with van der Waals surface area (Å²) in [6.07, 6.45) is 5.20. The summed E-state index contributed by atoms with van der Waals surface area (Å²) in [4.78, 5) is 38.6. The van der Waals surface area contributed by atoms with Crippen LogP contribution in [-0.2, 0) is 38.1 Å². The van der Waals surface area contributed by atoms with Crippen molar-refractivity contribution >= 4 is 29.5 Å². The Labute approximate surface area is 251 Å².